The van der Waals surface area contributed by atoms with E-state index in [1.54, 1.807) is 18.2 Å². The van der Waals surface area contributed by atoms with Gasteiger partial charge in [-0.05, 0) is 36.8 Å². The number of benzene rings is 2. The van der Waals surface area contributed by atoms with Crippen LogP contribution in [0.2, 0.25) is 0 Å². The molecule has 0 spiro atoms. The average molecular weight is 396 g/mol. The van der Waals surface area contributed by atoms with Gasteiger partial charge in [0, 0.05) is 10.9 Å². The van der Waals surface area contributed by atoms with E-state index in [9.17, 15) is 4.79 Å². The second kappa shape index (κ2) is 7.29. The number of fused-ring (bicyclic) bond motifs is 1. The predicted octanol–water partition coefficient (Wildman–Crippen LogP) is 5.11. The first-order chi connectivity index (χ1) is 14.7. The number of rotatable bonds is 4. The third-order valence-electron chi connectivity index (χ3n) is 4.66. The van der Waals surface area contributed by atoms with E-state index in [0.717, 1.165) is 22.0 Å². The van der Waals surface area contributed by atoms with Gasteiger partial charge < -0.3 is 8.83 Å². The second-order valence-electron chi connectivity index (χ2n) is 6.79. The van der Waals surface area contributed by atoms with Crippen LogP contribution < -0.4 is 5.32 Å². The monoisotopic (exact) mass is 396 g/mol. The zero-order valence-corrected chi connectivity index (χ0v) is 16.0. The lowest BCUT2D eigenvalue weighted by Gasteiger charge is -2.10. The van der Waals surface area contributed by atoms with E-state index >= 15 is 0 Å². The summed E-state index contributed by atoms with van der Waals surface area (Å²) in [6, 6.07) is 20.7. The quantitative estimate of drug-likeness (QED) is 0.454. The third-order valence-corrected chi connectivity index (χ3v) is 4.66. The molecule has 0 saturated heterocycles. The SMILES string of the molecule is Cc1ccc2c(C(=O)Nc3nnc(-c4ccco4)o3)cc(-c3ccccc3)nc2c1. The molecule has 3 aromatic heterocycles. The molecule has 0 aliphatic carbocycles. The predicted molar refractivity (Wildman–Crippen MR) is 112 cm³/mol. The molecule has 1 N–H and O–H groups in total. The summed E-state index contributed by atoms with van der Waals surface area (Å²) in [5.74, 6) is 0.257. The zero-order valence-electron chi connectivity index (χ0n) is 16.0. The van der Waals surface area contributed by atoms with Gasteiger partial charge in [-0.1, -0.05) is 47.6 Å². The standard InChI is InChI=1S/C23H16N4O3/c1-14-9-10-16-17(13-18(24-19(16)12-14)15-6-3-2-4-7-15)21(28)25-23-27-26-22(30-23)20-8-5-11-29-20/h2-13H,1H3,(H,25,27,28). The lowest BCUT2D eigenvalue weighted by atomic mass is 10.0. The fourth-order valence-electron chi connectivity index (χ4n) is 3.22. The molecule has 0 fully saturated rings. The van der Waals surface area contributed by atoms with Crippen molar-refractivity contribution in [1.29, 1.82) is 0 Å². The van der Waals surface area contributed by atoms with Crippen LogP contribution in [-0.2, 0) is 0 Å². The van der Waals surface area contributed by atoms with Gasteiger partial charge in [0.25, 0.3) is 11.8 Å². The highest BCUT2D eigenvalue weighted by molar-refractivity contribution is 6.12. The van der Waals surface area contributed by atoms with Crippen molar-refractivity contribution < 1.29 is 13.6 Å². The van der Waals surface area contributed by atoms with Crippen LogP contribution in [0.4, 0.5) is 6.01 Å². The second-order valence-corrected chi connectivity index (χ2v) is 6.79. The number of furan rings is 1. The Balaban J connectivity index is 1.54. The Bertz CT molecular complexity index is 1340. The molecule has 5 aromatic rings. The van der Waals surface area contributed by atoms with Crippen LogP contribution in [0.25, 0.3) is 33.8 Å². The Labute approximate surface area is 171 Å². The van der Waals surface area contributed by atoms with E-state index in [0.29, 0.717) is 17.0 Å². The molecule has 0 radical (unpaired) electrons. The van der Waals surface area contributed by atoms with E-state index in [4.69, 9.17) is 13.8 Å². The molecule has 1 amide bonds. The number of hydrogen-bond donors (Lipinski definition) is 1. The van der Waals surface area contributed by atoms with Crippen molar-refractivity contribution in [2.24, 2.45) is 0 Å². The van der Waals surface area contributed by atoms with Crippen molar-refractivity contribution in [1.82, 2.24) is 15.2 Å². The number of amides is 1. The summed E-state index contributed by atoms with van der Waals surface area (Å²) in [7, 11) is 0. The molecule has 0 aliphatic heterocycles. The van der Waals surface area contributed by atoms with E-state index in [1.807, 2.05) is 55.5 Å². The summed E-state index contributed by atoms with van der Waals surface area (Å²) in [5, 5.41) is 11.2. The maximum atomic E-state index is 13.1. The summed E-state index contributed by atoms with van der Waals surface area (Å²) < 4.78 is 10.7. The first-order valence-electron chi connectivity index (χ1n) is 9.33. The fraction of sp³-hybridized carbons (Fsp3) is 0.0435. The minimum atomic E-state index is -0.363. The summed E-state index contributed by atoms with van der Waals surface area (Å²) in [6.45, 7) is 1.99. The third kappa shape index (κ3) is 3.33. The molecule has 30 heavy (non-hydrogen) atoms. The Kier molecular flexibility index (Phi) is 4.33. The number of hydrogen-bond acceptors (Lipinski definition) is 6. The number of carbonyl (C=O) groups excluding carboxylic acids is 1. The van der Waals surface area contributed by atoms with Gasteiger partial charge in [-0.3, -0.25) is 10.1 Å². The molecule has 0 aliphatic rings. The van der Waals surface area contributed by atoms with Gasteiger partial charge in [-0.25, -0.2) is 4.98 Å². The number of carbonyl (C=O) groups is 1. The van der Waals surface area contributed by atoms with E-state index < -0.39 is 0 Å². The van der Waals surface area contributed by atoms with Crippen LogP contribution in [0.5, 0.6) is 0 Å². The van der Waals surface area contributed by atoms with E-state index in [1.165, 1.54) is 6.26 Å². The summed E-state index contributed by atoms with van der Waals surface area (Å²) >= 11 is 0. The lowest BCUT2D eigenvalue weighted by Crippen LogP contribution is -2.13. The minimum Gasteiger partial charge on any atom is -0.459 e. The normalized spacial score (nSPS) is 11.0. The highest BCUT2D eigenvalue weighted by Gasteiger charge is 2.18. The maximum absolute atomic E-state index is 13.1. The van der Waals surface area contributed by atoms with Gasteiger partial charge in [0.15, 0.2) is 5.76 Å². The molecule has 0 unspecified atom stereocenters. The molecule has 2 aromatic carbocycles. The minimum absolute atomic E-state index is 0.00950. The van der Waals surface area contributed by atoms with Gasteiger partial charge in [0.1, 0.15) is 0 Å². The fourth-order valence-corrected chi connectivity index (χ4v) is 3.22. The number of nitrogens with zero attached hydrogens (tertiary/aromatic N) is 3. The Morgan fingerprint density at radius 2 is 1.83 bits per heavy atom. The number of nitrogens with one attached hydrogen (secondary N) is 1. The van der Waals surface area contributed by atoms with Crippen LogP contribution in [0.15, 0.2) is 81.8 Å². The van der Waals surface area contributed by atoms with Gasteiger partial charge >= 0.3 is 6.01 Å². The summed E-state index contributed by atoms with van der Waals surface area (Å²) in [6.07, 6.45) is 1.51. The lowest BCUT2D eigenvalue weighted by molar-refractivity contribution is 0.102. The average Bonchev–Trinajstić information content (AvgIpc) is 3.45. The maximum Gasteiger partial charge on any atom is 0.322 e. The van der Waals surface area contributed by atoms with E-state index in [2.05, 4.69) is 15.5 Å². The van der Waals surface area contributed by atoms with Gasteiger partial charge in [-0.15, -0.1) is 5.10 Å². The largest absolute Gasteiger partial charge is 0.459 e. The van der Waals surface area contributed by atoms with E-state index in [-0.39, 0.29) is 17.8 Å². The van der Waals surface area contributed by atoms with Gasteiger partial charge in [0.05, 0.1) is 23.0 Å². The Morgan fingerprint density at radius 3 is 2.63 bits per heavy atom. The Hall–Kier alpha value is -4.26. The zero-order chi connectivity index (χ0) is 20.5. The van der Waals surface area contributed by atoms with Crippen molar-refractivity contribution in [2.75, 3.05) is 5.32 Å². The van der Waals surface area contributed by atoms with Crippen LogP contribution in [0.1, 0.15) is 15.9 Å². The van der Waals surface area contributed by atoms with Crippen molar-refractivity contribution in [3.05, 3.63) is 84.1 Å². The molecule has 7 nitrogen and oxygen atoms in total. The van der Waals surface area contributed by atoms with Crippen molar-refractivity contribution in [3.8, 4) is 22.9 Å². The molecule has 5 rings (SSSR count). The van der Waals surface area contributed by atoms with Crippen molar-refractivity contribution in [2.45, 2.75) is 6.92 Å². The van der Waals surface area contributed by atoms with Crippen LogP contribution in [-0.4, -0.2) is 21.1 Å². The first-order valence-corrected chi connectivity index (χ1v) is 9.33. The molecule has 146 valence electrons. The number of aryl methyl sites for hydroxylation is 1. The molecule has 0 bridgehead atoms. The topological polar surface area (TPSA) is 94.1 Å². The molecule has 7 heteroatoms. The molecule has 0 saturated carbocycles. The number of aromatic nitrogens is 3. The first kappa shape index (κ1) is 17.8. The highest BCUT2D eigenvalue weighted by atomic mass is 16.4. The molecule has 3 heterocycles. The van der Waals surface area contributed by atoms with Crippen molar-refractivity contribution >= 4 is 22.8 Å². The number of anilines is 1. The number of pyridine rings is 1. The molecule has 0 atom stereocenters. The Morgan fingerprint density at radius 1 is 0.967 bits per heavy atom. The highest BCUT2D eigenvalue weighted by Crippen LogP contribution is 2.27. The smallest absolute Gasteiger partial charge is 0.322 e. The van der Waals surface area contributed by atoms with Gasteiger partial charge in [-0.2, -0.15) is 0 Å². The summed E-state index contributed by atoms with van der Waals surface area (Å²) in [5.41, 5.74) is 3.90. The van der Waals surface area contributed by atoms with Crippen LogP contribution >= 0.6 is 0 Å². The molecular formula is C23H16N4O3. The molecular weight excluding hydrogens is 380 g/mol. The van der Waals surface area contributed by atoms with Crippen molar-refractivity contribution in [3.63, 3.8) is 0 Å². The van der Waals surface area contributed by atoms with Gasteiger partial charge in [0.2, 0.25) is 0 Å². The van der Waals surface area contributed by atoms with Crippen LogP contribution in [0.3, 0.4) is 0 Å². The van der Waals surface area contributed by atoms with Crippen LogP contribution in [0, 0.1) is 6.92 Å². The summed E-state index contributed by atoms with van der Waals surface area (Å²) in [4.78, 5) is 17.9.